The van der Waals surface area contributed by atoms with Gasteiger partial charge in [0.15, 0.2) is 0 Å². The van der Waals surface area contributed by atoms with Gasteiger partial charge in [-0.05, 0) is 43.9 Å². The fourth-order valence-electron chi connectivity index (χ4n) is 1.02. The lowest BCUT2D eigenvalue weighted by molar-refractivity contribution is 1.09. The third-order valence-electron chi connectivity index (χ3n) is 1.98. The number of rotatable bonds is 1. The van der Waals surface area contributed by atoms with Gasteiger partial charge in [0.1, 0.15) is 0 Å². The zero-order valence-corrected chi connectivity index (χ0v) is 13.7. The summed E-state index contributed by atoms with van der Waals surface area (Å²) < 4.78 is 0. The van der Waals surface area contributed by atoms with Crippen molar-refractivity contribution in [1.82, 2.24) is 0 Å². The van der Waals surface area contributed by atoms with Gasteiger partial charge in [0.25, 0.3) is 0 Å². The van der Waals surface area contributed by atoms with Gasteiger partial charge in [-0.25, -0.2) is 0 Å². The van der Waals surface area contributed by atoms with Crippen LogP contribution in [0.2, 0.25) is 0 Å². The molecular weight excluding hydrogens is 216 g/mol. The first-order valence-electron chi connectivity index (χ1n) is 7.00. The smallest absolute Gasteiger partial charge is 0.00297 e. The summed E-state index contributed by atoms with van der Waals surface area (Å²) in [5.41, 5.74) is 4.22. The molecular formula is C18H32. The first kappa shape index (κ1) is 22.0. The van der Waals surface area contributed by atoms with Crippen LogP contribution in [0.4, 0.5) is 0 Å². The lowest BCUT2D eigenvalue weighted by atomic mass is 10.1. The van der Waals surface area contributed by atoms with Crippen molar-refractivity contribution >= 4 is 0 Å². The van der Waals surface area contributed by atoms with Crippen LogP contribution in [0, 0.1) is 26.2 Å². The third kappa shape index (κ3) is 14.8. The van der Waals surface area contributed by atoms with Crippen LogP contribution < -0.4 is 0 Å². The summed E-state index contributed by atoms with van der Waals surface area (Å²) in [5.74, 6) is 2.25. The van der Waals surface area contributed by atoms with E-state index in [1.165, 1.54) is 23.1 Å². The molecule has 0 atom stereocenters. The Morgan fingerprint density at radius 3 is 1.67 bits per heavy atom. The van der Waals surface area contributed by atoms with E-state index in [2.05, 4.69) is 65.2 Å². The molecule has 0 N–H and O–H groups in total. The number of terminal acetylenes is 1. The molecule has 18 heavy (non-hydrogen) atoms. The predicted molar refractivity (Wildman–Crippen MR) is 87.1 cm³/mol. The number of hydrogen-bond acceptors (Lipinski definition) is 0. The summed E-state index contributed by atoms with van der Waals surface area (Å²) in [5, 5.41) is 0. The summed E-state index contributed by atoms with van der Waals surface area (Å²) in [6, 6.07) is 6.64. The van der Waals surface area contributed by atoms with Crippen molar-refractivity contribution in [2.45, 2.75) is 68.2 Å². The first-order valence-corrected chi connectivity index (χ1v) is 7.00. The lowest BCUT2D eigenvalue weighted by Crippen LogP contribution is -1.84. The highest BCUT2D eigenvalue weighted by atomic mass is 14.0. The van der Waals surface area contributed by atoms with Crippen LogP contribution in [0.5, 0.6) is 0 Å². The van der Waals surface area contributed by atoms with Gasteiger partial charge in [-0.2, -0.15) is 0 Å². The molecule has 0 aromatic heterocycles. The van der Waals surface area contributed by atoms with E-state index in [9.17, 15) is 0 Å². The van der Waals surface area contributed by atoms with Crippen LogP contribution >= 0.6 is 0 Å². The van der Waals surface area contributed by atoms with Gasteiger partial charge in [0.05, 0.1) is 0 Å². The van der Waals surface area contributed by atoms with Crippen molar-refractivity contribution < 1.29 is 0 Å². The van der Waals surface area contributed by atoms with Crippen LogP contribution in [0.3, 0.4) is 0 Å². The molecule has 0 aliphatic rings. The average molecular weight is 248 g/mol. The second-order valence-electron chi connectivity index (χ2n) is 3.77. The Morgan fingerprint density at radius 2 is 1.39 bits per heavy atom. The van der Waals surface area contributed by atoms with Crippen LogP contribution in [0.25, 0.3) is 0 Å². The Balaban J connectivity index is -0.000000237. The summed E-state index contributed by atoms with van der Waals surface area (Å²) in [6.07, 6.45) is 6.99. The van der Waals surface area contributed by atoms with Gasteiger partial charge in [-0.1, -0.05) is 59.2 Å². The number of aryl methyl sites for hydroxylation is 3. The Kier molecular flexibility index (Phi) is 22.2. The zero-order chi connectivity index (χ0) is 15.0. The topological polar surface area (TPSA) is 0 Å². The predicted octanol–water partition coefficient (Wildman–Crippen LogP) is 5.95. The summed E-state index contributed by atoms with van der Waals surface area (Å²) in [4.78, 5) is 0. The number of hydrogen-bond donors (Lipinski definition) is 0. The standard InChI is InChI=1S/C10H14.C3H8.C3H4.C2H6/c1-4-10-6-5-8(2)9(3)7-10;2*1-3-2;1-2/h5-7H,4H2,1-3H3;3H2,1-2H3;1H,2H3;1-2H3. The van der Waals surface area contributed by atoms with Crippen molar-refractivity contribution in [2.24, 2.45) is 0 Å². The summed E-state index contributed by atoms with van der Waals surface area (Å²) in [7, 11) is 0. The quantitative estimate of drug-likeness (QED) is 0.539. The molecule has 0 nitrogen and oxygen atoms in total. The summed E-state index contributed by atoms with van der Waals surface area (Å²) >= 11 is 0. The van der Waals surface area contributed by atoms with Gasteiger partial charge in [-0.15, -0.1) is 12.3 Å². The Hall–Kier alpha value is -1.22. The van der Waals surface area contributed by atoms with Gasteiger partial charge in [-0.3, -0.25) is 0 Å². The Morgan fingerprint density at radius 1 is 1.00 bits per heavy atom. The third-order valence-corrected chi connectivity index (χ3v) is 1.98. The molecule has 0 aliphatic carbocycles. The van der Waals surface area contributed by atoms with Crippen molar-refractivity contribution in [3.63, 3.8) is 0 Å². The molecule has 1 aromatic carbocycles. The SMILES string of the molecule is C#CC.CC.CCC.CCc1ccc(C)c(C)c1. The van der Waals surface area contributed by atoms with E-state index < -0.39 is 0 Å². The second-order valence-corrected chi connectivity index (χ2v) is 3.77. The van der Waals surface area contributed by atoms with Crippen LogP contribution in [0.1, 0.15) is 64.7 Å². The molecule has 0 heteroatoms. The van der Waals surface area contributed by atoms with E-state index in [1.807, 2.05) is 13.8 Å². The average Bonchev–Trinajstić information content (AvgIpc) is 2.37. The van der Waals surface area contributed by atoms with Crippen LogP contribution in [0.15, 0.2) is 18.2 Å². The molecule has 0 fully saturated rings. The molecule has 0 unspecified atom stereocenters. The molecule has 1 aromatic rings. The molecule has 0 spiro atoms. The molecule has 0 heterocycles. The van der Waals surface area contributed by atoms with E-state index in [0.717, 1.165) is 6.42 Å². The lowest BCUT2D eigenvalue weighted by Gasteiger charge is -2.01. The van der Waals surface area contributed by atoms with E-state index in [-0.39, 0.29) is 0 Å². The fourth-order valence-corrected chi connectivity index (χ4v) is 1.02. The van der Waals surface area contributed by atoms with Crippen molar-refractivity contribution in [3.8, 4) is 12.3 Å². The molecule has 0 bridgehead atoms. The highest BCUT2D eigenvalue weighted by molar-refractivity contribution is 5.29. The largest absolute Gasteiger partial charge is 0.120 e. The molecule has 0 saturated carbocycles. The molecule has 0 aliphatic heterocycles. The fraction of sp³-hybridized carbons (Fsp3) is 0.556. The summed E-state index contributed by atoms with van der Waals surface area (Å²) in [6.45, 7) is 16.4. The maximum Gasteiger partial charge on any atom is -0.00297 e. The minimum atomic E-state index is 1.14. The van der Waals surface area contributed by atoms with Gasteiger partial charge >= 0.3 is 0 Å². The van der Waals surface area contributed by atoms with Gasteiger partial charge < -0.3 is 0 Å². The van der Waals surface area contributed by atoms with Crippen LogP contribution in [-0.2, 0) is 6.42 Å². The second kappa shape index (κ2) is 18.2. The molecule has 1 rings (SSSR count). The monoisotopic (exact) mass is 248 g/mol. The van der Waals surface area contributed by atoms with Gasteiger partial charge in [0.2, 0.25) is 0 Å². The molecule has 0 amide bonds. The number of benzene rings is 1. The highest BCUT2D eigenvalue weighted by Gasteiger charge is 1.92. The maximum absolute atomic E-state index is 4.60. The minimum Gasteiger partial charge on any atom is -0.120 e. The van der Waals surface area contributed by atoms with Crippen molar-refractivity contribution in [3.05, 3.63) is 34.9 Å². The van der Waals surface area contributed by atoms with Crippen LogP contribution in [-0.4, -0.2) is 0 Å². The first-order chi connectivity index (χ1) is 8.56. The van der Waals surface area contributed by atoms with Crippen molar-refractivity contribution in [2.75, 3.05) is 0 Å². The van der Waals surface area contributed by atoms with E-state index in [1.54, 1.807) is 6.92 Å². The Labute approximate surface area is 116 Å². The minimum absolute atomic E-state index is 1.14. The van der Waals surface area contributed by atoms with E-state index in [0.29, 0.717) is 0 Å². The maximum atomic E-state index is 4.60. The highest BCUT2D eigenvalue weighted by Crippen LogP contribution is 2.09. The van der Waals surface area contributed by atoms with E-state index >= 15 is 0 Å². The molecule has 0 saturated heterocycles. The Bertz CT molecular complexity index is 302. The molecule has 0 radical (unpaired) electrons. The van der Waals surface area contributed by atoms with E-state index in [4.69, 9.17) is 0 Å². The zero-order valence-electron chi connectivity index (χ0n) is 13.7. The normalized spacial score (nSPS) is 7.28. The molecule has 104 valence electrons. The van der Waals surface area contributed by atoms with Gasteiger partial charge in [0, 0.05) is 0 Å². The van der Waals surface area contributed by atoms with Crippen molar-refractivity contribution in [1.29, 1.82) is 0 Å².